The Morgan fingerprint density at radius 1 is 1.14 bits per heavy atom. The van der Waals surface area contributed by atoms with Gasteiger partial charge in [0.05, 0.1) is 34.2 Å². The van der Waals surface area contributed by atoms with E-state index in [2.05, 4.69) is 0 Å². The van der Waals surface area contributed by atoms with Crippen molar-refractivity contribution >= 4 is 18.8 Å². The van der Waals surface area contributed by atoms with Crippen molar-refractivity contribution in [2.75, 3.05) is 6.54 Å². The molecule has 2 aliphatic rings. The number of benzene rings is 1. The summed E-state index contributed by atoms with van der Waals surface area (Å²) in [6.45, 7) is 19.5. The third-order valence-corrected chi connectivity index (χ3v) is 7.28. The van der Waals surface area contributed by atoms with E-state index < -0.39 is 23.9 Å². The highest BCUT2D eigenvalue weighted by atomic mass is 19.1. The van der Waals surface area contributed by atoms with Crippen LogP contribution in [0.15, 0.2) is 12.1 Å². The molecule has 7 nitrogen and oxygen atoms in total. The molecule has 35 heavy (non-hydrogen) atoms. The maximum atomic E-state index is 14.5. The molecule has 190 valence electrons. The van der Waals surface area contributed by atoms with Crippen molar-refractivity contribution in [1.29, 1.82) is 0 Å². The van der Waals surface area contributed by atoms with Gasteiger partial charge in [-0.15, -0.1) is 0 Å². The fourth-order valence-electron chi connectivity index (χ4n) is 4.70. The van der Waals surface area contributed by atoms with E-state index in [0.717, 1.165) is 22.5 Å². The average molecular weight is 485 g/mol. The second-order valence-corrected chi connectivity index (χ2v) is 11.7. The summed E-state index contributed by atoms with van der Waals surface area (Å²) in [7, 11) is -0.706. The van der Waals surface area contributed by atoms with Gasteiger partial charge in [0.2, 0.25) is 0 Å². The molecular weight excluding hydrogens is 448 g/mol. The standard InChI is InChI=1S/C26H37BFN3O4/c1-15-13-18(14-16(2)21(15)28)31-22(27-34-25(7,8)26(9,10)35-27)20-17(3)30(12-11-19(20)29-31)23(32)33-24(4,5)6/h13-14,17H,11-12H2,1-10H3/t17-/m0/s1. The van der Waals surface area contributed by atoms with Gasteiger partial charge in [0, 0.05) is 18.5 Å². The Kier molecular flexibility index (Phi) is 6.12. The Balaban J connectivity index is 1.87. The lowest BCUT2D eigenvalue weighted by molar-refractivity contribution is 0.00578. The number of carbonyl (C=O) groups excluding carboxylic acids is 1. The molecule has 0 saturated carbocycles. The fourth-order valence-corrected chi connectivity index (χ4v) is 4.70. The quantitative estimate of drug-likeness (QED) is 0.573. The van der Waals surface area contributed by atoms with Crippen molar-refractivity contribution in [2.24, 2.45) is 0 Å². The third kappa shape index (κ3) is 4.49. The van der Waals surface area contributed by atoms with E-state index in [1.165, 1.54) is 0 Å². The van der Waals surface area contributed by atoms with E-state index >= 15 is 0 Å². The summed E-state index contributed by atoms with van der Waals surface area (Å²) in [5, 5.41) is 4.95. The number of aryl methyl sites for hydroxylation is 2. The third-order valence-electron chi connectivity index (χ3n) is 7.28. The summed E-state index contributed by atoms with van der Waals surface area (Å²) in [6.07, 6.45) is 0.203. The van der Waals surface area contributed by atoms with Gasteiger partial charge in [-0.1, -0.05) is 0 Å². The normalized spacial score (nSPS) is 21.3. The first-order valence-corrected chi connectivity index (χ1v) is 12.3. The van der Waals surface area contributed by atoms with Gasteiger partial charge in [-0.2, -0.15) is 5.10 Å². The second kappa shape index (κ2) is 8.34. The molecule has 0 aliphatic carbocycles. The van der Waals surface area contributed by atoms with Gasteiger partial charge in [0.25, 0.3) is 0 Å². The molecule has 1 aromatic heterocycles. The van der Waals surface area contributed by atoms with Crippen LogP contribution < -0.4 is 5.59 Å². The zero-order valence-corrected chi connectivity index (χ0v) is 22.6. The summed E-state index contributed by atoms with van der Waals surface area (Å²) < 4.78 is 34.9. The second-order valence-electron chi connectivity index (χ2n) is 11.7. The van der Waals surface area contributed by atoms with Gasteiger partial charge < -0.3 is 18.9 Å². The summed E-state index contributed by atoms with van der Waals surface area (Å²) in [5.41, 5.74) is 2.59. The van der Waals surface area contributed by atoms with Gasteiger partial charge in [-0.3, -0.25) is 0 Å². The molecule has 0 N–H and O–H groups in total. The van der Waals surface area contributed by atoms with Crippen LogP contribution in [0, 0.1) is 19.7 Å². The largest absolute Gasteiger partial charge is 0.515 e. The molecule has 1 saturated heterocycles. The van der Waals surface area contributed by atoms with Crippen molar-refractivity contribution < 1.29 is 23.2 Å². The first-order chi connectivity index (χ1) is 16.0. The molecule has 0 radical (unpaired) electrons. The van der Waals surface area contributed by atoms with Crippen molar-refractivity contribution in [3.05, 3.63) is 40.3 Å². The van der Waals surface area contributed by atoms with Gasteiger partial charge in [0.1, 0.15) is 11.4 Å². The minimum absolute atomic E-state index is 0.229. The van der Waals surface area contributed by atoms with E-state index in [1.807, 2.05) is 55.4 Å². The van der Waals surface area contributed by atoms with Crippen LogP contribution in [0.1, 0.15) is 83.8 Å². The zero-order chi connectivity index (χ0) is 26.1. The topological polar surface area (TPSA) is 65.8 Å². The molecular formula is C26H37BFN3O4. The molecule has 1 aromatic carbocycles. The van der Waals surface area contributed by atoms with Gasteiger partial charge in [0.15, 0.2) is 0 Å². The van der Waals surface area contributed by atoms with Crippen molar-refractivity contribution in [2.45, 2.75) is 98.5 Å². The minimum atomic E-state index is -0.706. The molecule has 2 aromatic rings. The number of hydrogen-bond acceptors (Lipinski definition) is 5. The number of fused-ring (bicyclic) bond motifs is 1. The molecule has 1 amide bonds. The number of ether oxygens (including phenoxy) is 1. The highest BCUT2D eigenvalue weighted by Crippen LogP contribution is 2.39. The lowest BCUT2D eigenvalue weighted by atomic mass is 9.77. The summed E-state index contributed by atoms with van der Waals surface area (Å²) in [6, 6.07) is 3.26. The van der Waals surface area contributed by atoms with Crippen LogP contribution in [0.2, 0.25) is 0 Å². The van der Waals surface area contributed by atoms with E-state index in [9.17, 15) is 9.18 Å². The van der Waals surface area contributed by atoms with Crippen molar-refractivity contribution in [3.8, 4) is 5.69 Å². The van der Waals surface area contributed by atoms with Crippen LogP contribution in [0.4, 0.5) is 9.18 Å². The van der Waals surface area contributed by atoms with E-state index in [1.54, 1.807) is 35.6 Å². The van der Waals surface area contributed by atoms with Crippen molar-refractivity contribution in [1.82, 2.24) is 14.7 Å². The highest BCUT2D eigenvalue weighted by molar-refractivity contribution is 6.62. The molecule has 0 unspecified atom stereocenters. The van der Waals surface area contributed by atoms with Crippen LogP contribution in [0.3, 0.4) is 0 Å². The predicted octanol–water partition coefficient (Wildman–Crippen LogP) is 4.78. The maximum Gasteiger partial charge on any atom is 0.515 e. The number of hydrogen-bond donors (Lipinski definition) is 0. The fraction of sp³-hybridized carbons (Fsp3) is 0.615. The molecule has 9 heteroatoms. The number of rotatable bonds is 2. The Bertz CT molecular complexity index is 1130. The molecule has 1 fully saturated rings. The molecule has 0 spiro atoms. The first kappa shape index (κ1) is 25.7. The molecule has 1 atom stereocenters. The lowest BCUT2D eigenvalue weighted by Crippen LogP contribution is -2.47. The van der Waals surface area contributed by atoms with Crippen LogP contribution in [-0.4, -0.2) is 51.2 Å². The summed E-state index contributed by atoms with van der Waals surface area (Å²) in [4.78, 5) is 14.8. The summed E-state index contributed by atoms with van der Waals surface area (Å²) >= 11 is 0. The molecule has 4 rings (SSSR count). The molecule has 0 bridgehead atoms. The van der Waals surface area contributed by atoms with Crippen LogP contribution in [0.5, 0.6) is 0 Å². The number of nitrogens with zero attached hydrogens (tertiary/aromatic N) is 3. The minimum Gasteiger partial charge on any atom is -0.444 e. The summed E-state index contributed by atoms with van der Waals surface area (Å²) in [5.74, 6) is -0.229. The Morgan fingerprint density at radius 3 is 2.20 bits per heavy atom. The number of amides is 1. The van der Waals surface area contributed by atoms with Gasteiger partial charge >= 0.3 is 13.2 Å². The predicted molar refractivity (Wildman–Crippen MR) is 134 cm³/mol. The SMILES string of the molecule is Cc1cc(-n2nc3c(c2B2OC(C)(C)C(C)(C)O2)[C@H](C)N(C(=O)OC(C)(C)C)CC3)cc(C)c1F. The first-order valence-electron chi connectivity index (χ1n) is 12.3. The monoisotopic (exact) mass is 485 g/mol. The smallest absolute Gasteiger partial charge is 0.444 e. The van der Waals surface area contributed by atoms with Gasteiger partial charge in [-0.05, 0) is 92.5 Å². The number of carbonyl (C=O) groups is 1. The molecule has 3 heterocycles. The Labute approximate surface area is 208 Å². The van der Waals surface area contributed by atoms with Gasteiger partial charge in [-0.25, -0.2) is 13.9 Å². The van der Waals surface area contributed by atoms with E-state index in [4.69, 9.17) is 19.1 Å². The van der Waals surface area contributed by atoms with Crippen LogP contribution in [-0.2, 0) is 20.5 Å². The molecule has 2 aliphatic heterocycles. The zero-order valence-electron chi connectivity index (χ0n) is 22.6. The Hall–Kier alpha value is -2.39. The maximum absolute atomic E-state index is 14.5. The van der Waals surface area contributed by atoms with E-state index in [-0.39, 0.29) is 18.0 Å². The number of halogens is 1. The lowest BCUT2D eigenvalue weighted by Gasteiger charge is -2.35. The highest BCUT2D eigenvalue weighted by Gasteiger charge is 2.55. The van der Waals surface area contributed by atoms with Crippen LogP contribution in [0.25, 0.3) is 5.69 Å². The number of aromatic nitrogens is 2. The average Bonchev–Trinajstić information content (AvgIpc) is 3.19. The Morgan fingerprint density at radius 2 is 1.69 bits per heavy atom. The van der Waals surface area contributed by atoms with E-state index in [0.29, 0.717) is 24.1 Å². The van der Waals surface area contributed by atoms with Crippen molar-refractivity contribution in [3.63, 3.8) is 0 Å². The van der Waals surface area contributed by atoms with Crippen LogP contribution >= 0.6 is 0 Å².